The van der Waals surface area contributed by atoms with Gasteiger partial charge < -0.3 is 21.5 Å². The molecule has 0 aliphatic heterocycles. The second-order valence-corrected chi connectivity index (χ2v) is 4.74. The van der Waals surface area contributed by atoms with Crippen molar-refractivity contribution in [3.63, 3.8) is 0 Å². The maximum atomic E-state index is 11.6. The molecular weight excluding hydrogens is 254 g/mol. The summed E-state index contributed by atoms with van der Waals surface area (Å²) in [5, 5.41) is 3.43. The van der Waals surface area contributed by atoms with Crippen LogP contribution in [-0.4, -0.2) is 25.5 Å². The number of amides is 1. The minimum absolute atomic E-state index is 0.0450. The van der Waals surface area contributed by atoms with Crippen LogP contribution in [0.1, 0.15) is 27.0 Å². The van der Waals surface area contributed by atoms with Gasteiger partial charge in [0, 0.05) is 6.54 Å². The molecule has 5 N–H and O–H groups in total. The number of rotatable bonds is 5. The summed E-state index contributed by atoms with van der Waals surface area (Å²) < 4.78 is 4.63. The number of ether oxygens (including phenoxy) is 1. The third kappa shape index (κ3) is 2.80. The molecule has 18 heavy (non-hydrogen) atoms. The Balaban J connectivity index is 3.21. The molecule has 0 saturated heterocycles. The Kier molecular flexibility index (Phi) is 4.33. The summed E-state index contributed by atoms with van der Waals surface area (Å²) >= 11 is 1.03. The molecule has 0 spiro atoms. The zero-order chi connectivity index (χ0) is 13.9. The van der Waals surface area contributed by atoms with Crippen molar-refractivity contribution in [2.24, 2.45) is 5.73 Å². The average Bonchev–Trinajstić information content (AvgIpc) is 2.63. The Hall–Kier alpha value is -2.02. The van der Waals surface area contributed by atoms with E-state index < -0.39 is 11.9 Å². The summed E-state index contributed by atoms with van der Waals surface area (Å²) in [4.78, 5) is 23.0. The Morgan fingerprint density at radius 2 is 2.11 bits per heavy atom. The fraction of sp³-hybridized carbons (Fsp3) is 0.273. The van der Waals surface area contributed by atoms with E-state index in [4.69, 9.17) is 11.5 Å². The van der Waals surface area contributed by atoms with E-state index in [0.717, 1.165) is 16.9 Å². The van der Waals surface area contributed by atoms with Gasteiger partial charge in [-0.05, 0) is 6.92 Å². The predicted molar refractivity (Wildman–Crippen MR) is 71.9 cm³/mol. The van der Waals surface area contributed by atoms with Gasteiger partial charge in [-0.25, -0.2) is 4.79 Å². The van der Waals surface area contributed by atoms with Crippen LogP contribution in [0, 0.1) is 0 Å². The van der Waals surface area contributed by atoms with E-state index in [0.29, 0.717) is 11.5 Å². The van der Waals surface area contributed by atoms with E-state index in [1.807, 2.05) is 6.92 Å². The van der Waals surface area contributed by atoms with Crippen LogP contribution in [0.2, 0.25) is 0 Å². The topological polar surface area (TPSA) is 107 Å². The molecule has 0 bridgehead atoms. The van der Waals surface area contributed by atoms with E-state index in [1.54, 1.807) is 0 Å². The van der Waals surface area contributed by atoms with Gasteiger partial charge in [0.15, 0.2) is 0 Å². The normalized spacial score (nSPS) is 9.89. The minimum atomic E-state index is -0.675. The average molecular weight is 269 g/mol. The van der Waals surface area contributed by atoms with Crippen molar-refractivity contribution >= 4 is 33.9 Å². The molecule has 1 heterocycles. The second-order valence-electron chi connectivity index (χ2n) is 3.72. The van der Waals surface area contributed by atoms with Gasteiger partial charge in [0.05, 0.1) is 12.8 Å². The number of hydrogen-bond acceptors (Lipinski definition) is 6. The molecule has 1 rings (SSSR count). The van der Waals surface area contributed by atoms with Crippen molar-refractivity contribution in [3.05, 3.63) is 22.6 Å². The first kappa shape index (κ1) is 14.0. The molecule has 0 atom stereocenters. The lowest BCUT2D eigenvalue weighted by Gasteiger charge is -2.06. The largest absolute Gasteiger partial charge is 0.465 e. The summed E-state index contributed by atoms with van der Waals surface area (Å²) in [5.41, 5.74) is 12.0. The monoisotopic (exact) mass is 269 g/mol. The number of nitrogens with one attached hydrogen (secondary N) is 1. The molecule has 0 radical (unpaired) electrons. The summed E-state index contributed by atoms with van der Waals surface area (Å²) in [6.07, 6.45) is 0. The van der Waals surface area contributed by atoms with E-state index in [1.165, 1.54) is 7.11 Å². The van der Waals surface area contributed by atoms with Gasteiger partial charge in [-0.3, -0.25) is 4.79 Å². The number of nitrogens with two attached hydrogens (primary N) is 2. The molecule has 0 aromatic carbocycles. The number of thiophene rings is 1. The molecule has 0 unspecified atom stereocenters. The summed E-state index contributed by atoms with van der Waals surface area (Å²) in [5.74, 6) is -1.29. The third-order valence-corrected chi connectivity index (χ3v) is 3.29. The third-order valence-electron chi connectivity index (χ3n) is 2.11. The molecule has 6 nitrogen and oxygen atoms in total. The molecule has 98 valence electrons. The number of esters is 1. The van der Waals surface area contributed by atoms with Gasteiger partial charge in [-0.1, -0.05) is 12.2 Å². The second kappa shape index (κ2) is 5.54. The van der Waals surface area contributed by atoms with Crippen LogP contribution in [-0.2, 0) is 4.74 Å². The SMILES string of the molecule is C=C(C)CNc1sc(C(N)=O)c(N)c1C(=O)OC. The van der Waals surface area contributed by atoms with Gasteiger partial charge in [-0.2, -0.15) is 0 Å². The van der Waals surface area contributed by atoms with Crippen molar-refractivity contribution < 1.29 is 14.3 Å². The van der Waals surface area contributed by atoms with Crippen molar-refractivity contribution in [1.29, 1.82) is 0 Å². The highest BCUT2D eigenvalue weighted by atomic mass is 32.1. The highest BCUT2D eigenvalue weighted by Crippen LogP contribution is 2.35. The van der Waals surface area contributed by atoms with Crippen LogP contribution in [0.5, 0.6) is 0 Å². The van der Waals surface area contributed by atoms with Crippen LogP contribution < -0.4 is 16.8 Å². The lowest BCUT2D eigenvalue weighted by molar-refractivity contribution is 0.0603. The highest BCUT2D eigenvalue weighted by Gasteiger charge is 2.24. The first-order valence-corrected chi connectivity index (χ1v) is 5.88. The standard InChI is InChI=1S/C11H15N3O3S/c1-5(2)4-14-10-6(11(16)17-3)7(12)8(18-10)9(13)15/h14H,1,4,12H2,2-3H3,(H2,13,15). The molecular formula is C11H15N3O3S. The summed E-state index contributed by atoms with van der Waals surface area (Å²) in [7, 11) is 1.24. The van der Waals surface area contributed by atoms with Gasteiger partial charge in [0.25, 0.3) is 5.91 Å². The Morgan fingerprint density at radius 1 is 1.50 bits per heavy atom. The summed E-state index contributed by atoms with van der Waals surface area (Å²) in [6, 6.07) is 0. The van der Waals surface area contributed by atoms with Crippen LogP contribution >= 0.6 is 11.3 Å². The molecule has 7 heteroatoms. The molecule has 0 saturated carbocycles. The first-order valence-electron chi connectivity index (χ1n) is 5.07. The summed E-state index contributed by atoms with van der Waals surface area (Å²) in [6.45, 7) is 6.02. The quantitative estimate of drug-likeness (QED) is 0.550. The number of hydrogen-bond donors (Lipinski definition) is 3. The van der Waals surface area contributed by atoms with Crippen molar-refractivity contribution in [2.75, 3.05) is 24.7 Å². The van der Waals surface area contributed by atoms with Crippen LogP contribution in [0.15, 0.2) is 12.2 Å². The zero-order valence-corrected chi connectivity index (χ0v) is 11.0. The minimum Gasteiger partial charge on any atom is -0.465 e. The van der Waals surface area contributed by atoms with Crippen molar-refractivity contribution in [2.45, 2.75) is 6.92 Å². The predicted octanol–water partition coefficient (Wildman–Crippen LogP) is 1.20. The van der Waals surface area contributed by atoms with E-state index >= 15 is 0 Å². The van der Waals surface area contributed by atoms with Gasteiger partial charge in [0.2, 0.25) is 0 Å². The number of anilines is 2. The van der Waals surface area contributed by atoms with E-state index in [-0.39, 0.29) is 16.1 Å². The zero-order valence-electron chi connectivity index (χ0n) is 10.2. The number of carbonyl (C=O) groups excluding carboxylic acids is 2. The van der Waals surface area contributed by atoms with Gasteiger partial charge in [0.1, 0.15) is 15.4 Å². The highest BCUT2D eigenvalue weighted by molar-refractivity contribution is 7.19. The van der Waals surface area contributed by atoms with E-state index in [2.05, 4.69) is 16.6 Å². The lowest BCUT2D eigenvalue weighted by atomic mass is 10.2. The maximum Gasteiger partial charge on any atom is 0.343 e. The number of carbonyl (C=O) groups is 2. The molecule has 0 aliphatic rings. The molecule has 0 aliphatic carbocycles. The van der Waals surface area contributed by atoms with Crippen molar-refractivity contribution in [1.82, 2.24) is 0 Å². The van der Waals surface area contributed by atoms with E-state index in [9.17, 15) is 9.59 Å². The smallest absolute Gasteiger partial charge is 0.343 e. The Bertz CT molecular complexity index is 508. The Morgan fingerprint density at radius 3 is 2.56 bits per heavy atom. The number of nitrogen functional groups attached to an aromatic ring is 1. The molecule has 1 amide bonds. The molecule has 1 aromatic rings. The maximum absolute atomic E-state index is 11.6. The van der Waals surface area contributed by atoms with Crippen LogP contribution in [0.25, 0.3) is 0 Å². The Labute approximate surface area is 109 Å². The van der Waals surface area contributed by atoms with Crippen LogP contribution in [0.3, 0.4) is 0 Å². The fourth-order valence-corrected chi connectivity index (χ4v) is 2.24. The molecule has 0 fully saturated rings. The lowest BCUT2D eigenvalue weighted by Crippen LogP contribution is -2.13. The van der Waals surface area contributed by atoms with Gasteiger partial charge >= 0.3 is 5.97 Å². The van der Waals surface area contributed by atoms with Gasteiger partial charge in [-0.15, -0.1) is 11.3 Å². The first-order chi connectivity index (χ1) is 8.38. The fourth-order valence-electron chi connectivity index (χ4n) is 1.29. The number of methoxy groups -OCH3 is 1. The number of primary amides is 1. The van der Waals surface area contributed by atoms with Crippen LogP contribution in [0.4, 0.5) is 10.7 Å². The molecule has 1 aromatic heterocycles. The van der Waals surface area contributed by atoms with Crippen molar-refractivity contribution in [3.8, 4) is 0 Å².